The van der Waals surface area contributed by atoms with Crippen LogP contribution in [0, 0.1) is 5.82 Å². The van der Waals surface area contributed by atoms with E-state index in [1.54, 1.807) is 0 Å². The van der Waals surface area contributed by atoms with Gasteiger partial charge in [-0.3, -0.25) is 4.90 Å². The number of sulfonamides is 1. The molecule has 1 fully saturated rings. The molecule has 3 aromatic rings. The van der Waals surface area contributed by atoms with Crippen molar-refractivity contribution < 1.29 is 27.4 Å². The maximum absolute atomic E-state index is 14.9. The summed E-state index contributed by atoms with van der Waals surface area (Å²) in [6.45, 7) is 2.14. The van der Waals surface area contributed by atoms with Gasteiger partial charge in [0.15, 0.2) is 5.82 Å². The van der Waals surface area contributed by atoms with Crippen LogP contribution in [0.1, 0.15) is 12.0 Å². The Bertz CT molecular complexity index is 1240. The molecular weight excluding hydrogens is 493 g/mol. The second-order valence-electron chi connectivity index (χ2n) is 7.36. The number of benzene rings is 2. The maximum Gasteiger partial charge on any atom is 0.427 e. The Morgan fingerprint density at radius 2 is 2.09 bits per heavy atom. The molecular formula is C21H19ClFN3O5S2. The van der Waals surface area contributed by atoms with Crippen molar-refractivity contribution in [1.29, 1.82) is 0 Å². The summed E-state index contributed by atoms with van der Waals surface area (Å²) >= 11 is 7.21. The largest absolute Gasteiger partial charge is 0.487 e. The van der Waals surface area contributed by atoms with Gasteiger partial charge in [-0.25, -0.2) is 22.6 Å². The lowest BCUT2D eigenvalue weighted by Crippen LogP contribution is -2.36. The first-order valence-electron chi connectivity index (χ1n) is 9.84. The quantitative estimate of drug-likeness (QED) is 0.499. The van der Waals surface area contributed by atoms with Crippen molar-refractivity contribution in [3.05, 3.63) is 69.8 Å². The van der Waals surface area contributed by atoms with Crippen LogP contribution in [0.4, 0.5) is 15.0 Å². The molecule has 1 amide bonds. The van der Waals surface area contributed by atoms with E-state index in [-0.39, 0.29) is 27.0 Å². The van der Waals surface area contributed by atoms with Crippen molar-refractivity contribution in [2.24, 2.45) is 0 Å². The number of halogens is 2. The van der Waals surface area contributed by atoms with Crippen molar-refractivity contribution in [3.8, 4) is 5.75 Å². The van der Waals surface area contributed by atoms with E-state index in [1.807, 2.05) is 30.3 Å². The van der Waals surface area contributed by atoms with E-state index in [2.05, 4.69) is 9.88 Å². The van der Waals surface area contributed by atoms with Gasteiger partial charge in [-0.15, -0.1) is 15.6 Å². The zero-order valence-corrected chi connectivity index (χ0v) is 19.5. The Hall–Kier alpha value is -2.73. The van der Waals surface area contributed by atoms with Crippen LogP contribution < -0.4 is 9.04 Å². The van der Waals surface area contributed by atoms with Gasteiger partial charge in [0.25, 0.3) is 10.0 Å². The molecule has 2 heterocycles. The first-order valence-corrected chi connectivity index (χ1v) is 12.6. The highest BCUT2D eigenvalue weighted by Gasteiger charge is 2.35. The number of thiazole rings is 1. The first-order chi connectivity index (χ1) is 15.8. The Morgan fingerprint density at radius 3 is 2.76 bits per heavy atom. The smallest absolute Gasteiger partial charge is 0.427 e. The highest BCUT2D eigenvalue weighted by atomic mass is 35.5. The van der Waals surface area contributed by atoms with Crippen LogP contribution in [0.3, 0.4) is 0 Å². The normalized spacial score (nSPS) is 16.6. The molecule has 0 saturated carbocycles. The summed E-state index contributed by atoms with van der Waals surface area (Å²) in [6.07, 6.45) is -1.37. The number of rotatable bonds is 7. The lowest BCUT2D eigenvalue weighted by Gasteiger charge is -2.20. The number of ether oxygens (including phenoxy) is 1. The van der Waals surface area contributed by atoms with E-state index < -0.39 is 26.8 Å². The molecule has 1 aromatic heterocycles. The molecule has 0 spiro atoms. The van der Waals surface area contributed by atoms with Gasteiger partial charge >= 0.3 is 6.09 Å². The van der Waals surface area contributed by atoms with Crippen LogP contribution in [-0.4, -0.2) is 48.7 Å². The average Bonchev–Trinajstić information content (AvgIpc) is 3.43. The summed E-state index contributed by atoms with van der Waals surface area (Å²) in [7, 11) is -4.81. The average molecular weight is 512 g/mol. The minimum absolute atomic E-state index is 0.00443. The Balaban J connectivity index is 1.51. The van der Waals surface area contributed by atoms with Gasteiger partial charge in [0, 0.05) is 31.1 Å². The zero-order chi connectivity index (χ0) is 23.6. The minimum atomic E-state index is -4.81. The molecule has 0 radical (unpaired) electrons. The second kappa shape index (κ2) is 9.64. The summed E-state index contributed by atoms with van der Waals surface area (Å²) in [6, 6.07) is 11.7. The molecule has 33 heavy (non-hydrogen) atoms. The summed E-state index contributed by atoms with van der Waals surface area (Å²) in [5, 5.41) is 10.5. The van der Waals surface area contributed by atoms with E-state index in [1.165, 1.54) is 16.5 Å². The molecule has 8 nitrogen and oxygen atoms in total. The molecule has 1 N–H and O–H groups in total. The van der Waals surface area contributed by atoms with Crippen LogP contribution in [-0.2, 0) is 16.6 Å². The fraction of sp³-hybridized carbons (Fsp3) is 0.238. The summed E-state index contributed by atoms with van der Waals surface area (Å²) in [5.41, 5.74) is 2.43. The molecule has 1 aliphatic heterocycles. The van der Waals surface area contributed by atoms with Crippen molar-refractivity contribution >= 4 is 44.9 Å². The summed E-state index contributed by atoms with van der Waals surface area (Å²) in [5.74, 6) is -1.53. The second-order valence-corrected chi connectivity index (χ2v) is 10.2. The van der Waals surface area contributed by atoms with Gasteiger partial charge < -0.3 is 9.84 Å². The van der Waals surface area contributed by atoms with Crippen molar-refractivity contribution in [2.45, 2.75) is 24.0 Å². The van der Waals surface area contributed by atoms with E-state index in [0.717, 1.165) is 36.6 Å². The highest BCUT2D eigenvalue weighted by molar-refractivity contribution is 7.93. The van der Waals surface area contributed by atoms with Crippen LogP contribution in [0.5, 0.6) is 5.75 Å². The van der Waals surface area contributed by atoms with Crippen LogP contribution in [0.25, 0.3) is 0 Å². The minimum Gasteiger partial charge on any atom is -0.487 e. The first kappa shape index (κ1) is 23.4. The Labute approximate surface area is 198 Å². The van der Waals surface area contributed by atoms with Crippen molar-refractivity contribution in [2.75, 3.05) is 17.4 Å². The van der Waals surface area contributed by atoms with Crippen LogP contribution in [0.2, 0.25) is 5.02 Å². The maximum atomic E-state index is 14.9. The molecule has 0 aliphatic carbocycles. The topological polar surface area (TPSA) is 100 Å². The van der Waals surface area contributed by atoms with Gasteiger partial charge in [0.05, 0.1) is 10.5 Å². The van der Waals surface area contributed by atoms with E-state index in [9.17, 15) is 22.7 Å². The lowest BCUT2D eigenvalue weighted by molar-refractivity contribution is 0.197. The summed E-state index contributed by atoms with van der Waals surface area (Å²) in [4.78, 5) is 16.6. The van der Waals surface area contributed by atoms with Gasteiger partial charge in [0.2, 0.25) is 0 Å². The highest BCUT2D eigenvalue weighted by Crippen LogP contribution is 2.34. The number of carbonyl (C=O) groups is 1. The zero-order valence-electron chi connectivity index (χ0n) is 17.1. The van der Waals surface area contributed by atoms with Gasteiger partial charge in [-0.1, -0.05) is 41.9 Å². The SMILES string of the molecule is O=C(O)N(c1cscn1)S(=O)(=O)c1cc(Cl)c(OC2CCN(Cc3ccccc3)C2)cc1F. The van der Waals surface area contributed by atoms with E-state index in [4.69, 9.17) is 16.3 Å². The van der Waals surface area contributed by atoms with Gasteiger partial charge in [0.1, 0.15) is 22.6 Å². The number of nitrogens with zero attached hydrogens (tertiary/aromatic N) is 3. The van der Waals surface area contributed by atoms with Gasteiger partial charge in [-0.05, 0) is 18.1 Å². The Kier molecular flexibility index (Phi) is 6.84. The third-order valence-electron chi connectivity index (χ3n) is 5.08. The van der Waals surface area contributed by atoms with Crippen LogP contribution in [0.15, 0.2) is 58.3 Å². The fourth-order valence-electron chi connectivity index (χ4n) is 3.59. The van der Waals surface area contributed by atoms with Crippen LogP contribution >= 0.6 is 22.9 Å². The standard InChI is InChI=1S/C21H19ClFN3O5S2/c22-16-8-19(33(29,30)26(21(27)28)20-12-32-13-24-20)17(23)9-18(16)31-15-6-7-25(11-15)10-14-4-2-1-3-5-14/h1-5,8-9,12-13,15H,6-7,10-11H2,(H,27,28). The molecule has 12 heteroatoms. The number of hydrogen-bond donors (Lipinski definition) is 1. The molecule has 1 saturated heterocycles. The summed E-state index contributed by atoms with van der Waals surface area (Å²) < 4.78 is 46.5. The van der Waals surface area contributed by atoms with E-state index in [0.29, 0.717) is 13.0 Å². The fourth-order valence-corrected chi connectivity index (χ4v) is 5.76. The predicted octanol–water partition coefficient (Wildman–Crippen LogP) is 4.46. The number of anilines is 1. The predicted molar refractivity (Wildman–Crippen MR) is 122 cm³/mol. The number of amides is 1. The third kappa shape index (κ3) is 5.11. The lowest BCUT2D eigenvalue weighted by atomic mass is 10.2. The molecule has 4 rings (SSSR count). The number of aromatic nitrogens is 1. The molecule has 2 aromatic carbocycles. The van der Waals surface area contributed by atoms with Crippen molar-refractivity contribution in [3.63, 3.8) is 0 Å². The number of likely N-dealkylation sites (tertiary alicyclic amines) is 1. The number of hydrogen-bond acceptors (Lipinski definition) is 7. The van der Waals surface area contributed by atoms with E-state index >= 15 is 0 Å². The Morgan fingerprint density at radius 1 is 1.33 bits per heavy atom. The third-order valence-corrected chi connectivity index (χ3v) is 7.64. The molecule has 0 bridgehead atoms. The molecule has 1 unspecified atom stereocenters. The molecule has 174 valence electrons. The van der Waals surface area contributed by atoms with Gasteiger partial charge in [-0.2, -0.15) is 0 Å². The number of carboxylic acid groups (broad SMARTS) is 1. The van der Waals surface area contributed by atoms with Crippen molar-refractivity contribution in [1.82, 2.24) is 9.88 Å². The molecule has 1 atom stereocenters. The monoisotopic (exact) mass is 511 g/mol. The molecule has 1 aliphatic rings.